The van der Waals surface area contributed by atoms with Gasteiger partial charge in [-0.3, -0.25) is 0 Å². The maximum Gasteiger partial charge on any atom is 0.139 e. The van der Waals surface area contributed by atoms with Crippen LogP contribution in [0.4, 0.5) is 0 Å². The molecule has 1 nitrogen and oxygen atoms in total. The summed E-state index contributed by atoms with van der Waals surface area (Å²) in [7, 11) is 0. The number of hydrogen-bond donors (Lipinski definition) is 0. The zero-order valence-electron chi connectivity index (χ0n) is 10.2. The standard InChI is InChI=1S/C14H17BrCl2O/c15-9-14(7-2-1-3-8-14)10-18-12-6-4-5-11(16)13(12)17/h4-6H,1-3,7-10H2. The number of benzene rings is 1. The molecule has 0 heterocycles. The minimum atomic E-state index is 0.254. The van der Waals surface area contributed by atoms with E-state index in [0.717, 1.165) is 5.33 Å². The van der Waals surface area contributed by atoms with Crippen molar-refractivity contribution in [2.75, 3.05) is 11.9 Å². The first kappa shape index (κ1) is 14.5. The van der Waals surface area contributed by atoms with Crippen LogP contribution in [0, 0.1) is 5.41 Å². The van der Waals surface area contributed by atoms with Crippen molar-refractivity contribution in [3.8, 4) is 5.75 Å². The lowest BCUT2D eigenvalue weighted by molar-refractivity contribution is 0.122. The zero-order chi connectivity index (χ0) is 13.0. The van der Waals surface area contributed by atoms with E-state index >= 15 is 0 Å². The van der Waals surface area contributed by atoms with Crippen molar-refractivity contribution in [1.29, 1.82) is 0 Å². The molecule has 4 heteroatoms. The Morgan fingerprint density at radius 3 is 2.56 bits per heavy atom. The molecule has 1 aliphatic carbocycles. The molecule has 1 saturated carbocycles. The second-order valence-corrected chi connectivity index (χ2v) is 6.38. The minimum Gasteiger partial charge on any atom is -0.491 e. The molecule has 0 saturated heterocycles. The van der Waals surface area contributed by atoms with Gasteiger partial charge in [0.05, 0.1) is 11.6 Å². The molecule has 0 radical (unpaired) electrons. The van der Waals surface area contributed by atoms with Gasteiger partial charge in [0.1, 0.15) is 10.8 Å². The van der Waals surface area contributed by atoms with E-state index in [-0.39, 0.29) is 5.41 Å². The molecule has 18 heavy (non-hydrogen) atoms. The first-order valence-corrected chi connectivity index (χ1v) is 8.17. The van der Waals surface area contributed by atoms with Gasteiger partial charge in [-0.2, -0.15) is 0 Å². The molecular weight excluding hydrogens is 335 g/mol. The smallest absolute Gasteiger partial charge is 0.139 e. The van der Waals surface area contributed by atoms with Crippen LogP contribution < -0.4 is 4.74 Å². The Balaban J connectivity index is 2.03. The van der Waals surface area contributed by atoms with Gasteiger partial charge in [-0.25, -0.2) is 0 Å². The van der Waals surface area contributed by atoms with E-state index in [1.807, 2.05) is 12.1 Å². The highest BCUT2D eigenvalue weighted by Crippen LogP contribution is 2.39. The molecule has 0 unspecified atom stereocenters. The average Bonchev–Trinajstić information content (AvgIpc) is 2.41. The molecule has 1 aliphatic rings. The van der Waals surface area contributed by atoms with E-state index in [1.54, 1.807) is 6.07 Å². The predicted octanol–water partition coefficient (Wildman–Crippen LogP) is 5.72. The van der Waals surface area contributed by atoms with Crippen LogP contribution in [0.5, 0.6) is 5.75 Å². The van der Waals surface area contributed by atoms with E-state index in [1.165, 1.54) is 32.1 Å². The van der Waals surface area contributed by atoms with Crippen LogP contribution in [0.1, 0.15) is 32.1 Å². The Kier molecular flexibility index (Phi) is 5.23. The Labute approximate surface area is 127 Å². The molecule has 0 bridgehead atoms. The summed E-state index contributed by atoms with van der Waals surface area (Å²) in [6, 6.07) is 5.52. The summed E-state index contributed by atoms with van der Waals surface area (Å²) in [6.45, 7) is 0.707. The van der Waals surface area contributed by atoms with Crippen molar-refractivity contribution in [3.63, 3.8) is 0 Å². The van der Waals surface area contributed by atoms with Crippen molar-refractivity contribution in [2.45, 2.75) is 32.1 Å². The summed E-state index contributed by atoms with van der Waals surface area (Å²) in [6.07, 6.45) is 6.36. The molecule has 2 rings (SSSR count). The van der Waals surface area contributed by atoms with E-state index in [4.69, 9.17) is 27.9 Å². The highest BCUT2D eigenvalue weighted by molar-refractivity contribution is 9.09. The average molecular weight is 352 g/mol. The molecule has 0 aromatic heterocycles. The van der Waals surface area contributed by atoms with Crippen LogP contribution in [0.15, 0.2) is 18.2 Å². The third-order valence-corrected chi connectivity index (χ3v) is 5.64. The highest BCUT2D eigenvalue weighted by atomic mass is 79.9. The van der Waals surface area contributed by atoms with Crippen LogP contribution in [-0.2, 0) is 0 Å². The largest absolute Gasteiger partial charge is 0.491 e. The monoisotopic (exact) mass is 350 g/mol. The Morgan fingerprint density at radius 1 is 1.17 bits per heavy atom. The molecule has 100 valence electrons. The maximum absolute atomic E-state index is 6.13. The molecule has 0 amide bonds. The molecule has 1 aromatic rings. The van der Waals surface area contributed by atoms with Crippen LogP contribution in [0.25, 0.3) is 0 Å². The van der Waals surface area contributed by atoms with Gasteiger partial charge >= 0.3 is 0 Å². The SMILES string of the molecule is Clc1cccc(OCC2(CBr)CCCCC2)c1Cl. The molecule has 1 fully saturated rings. The fourth-order valence-electron chi connectivity index (χ4n) is 2.44. The summed E-state index contributed by atoms with van der Waals surface area (Å²) in [5.41, 5.74) is 0.254. The van der Waals surface area contributed by atoms with Gasteiger partial charge in [0.25, 0.3) is 0 Å². The lowest BCUT2D eigenvalue weighted by atomic mass is 9.76. The zero-order valence-corrected chi connectivity index (χ0v) is 13.3. The van der Waals surface area contributed by atoms with Crippen LogP contribution in [0.2, 0.25) is 10.0 Å². The lowest BCUT2D eigenvalue weighted by Gasteiger charge is -2.35. The normalized spacial score (nSPS) is 18.6. The van der Waals surface area contributed by atoms with E-state index in [2.05, 4.69) is 15.9 Å². The predicted molar refractivity (Wildman–Crippen MR) is 81.3 cm³/mol. The Morgan fingerprint density at radius 2 is 1.89 bits per heavy atom. The number of rotatable bonds is 4. The van der Waals surface area contributed by atoms with Gasteiger partial charge in [0.2, 0.25) is 0 Å². The summed E-state index contributed by atoms with van der Waals surface area (Å²) in [5.74, 6) is 0.690. The van der Waals surface area contributed by atoms with E-state index in [0.29, 0.717) is 22.4 Å². The second kappa shape index (κ2) is 6.49. The molecule has 1 aromatic carbocycles. The van der Waals surface area contributed by atoms with Crippen molar-refractivity contribution in [3.05, 3.63) is 28.2 Å². The molecule has 0 aliphatic heterocycles. The van der Waals surface area contributed by atoms with E-state index in [9.17, 15) is 0 Å². The van der Waals surface area contributed by atoms with Gasteiger partial charge < -0.3 is 4.74 Å². The third kappa shape index (κ3) is 3.34. The highest BCUT2D eigenvalue weighted by Gasteiger charge is 2.32. The summed E-state index contributed by atoms with van der Waals surface area (Å²) >= 11 is 15.7. The minimum absolute atomic E-state index is 0.254. The molecule has 0 N–H and O–H groups in total. The maximum atomic E-state index is 6.13. The fraction of sp³-hybridized carbons (Fsp3) is 0.571. The first-order chi connectivity index (χ1) is 8.67. The lowest BCUT2D eigenvalue weighted by Crippen LogP contribution is -2.32. The van der Waals surface area contributed by atoms with Gasteiger partial charge in [-0.15, -0.1) is 0 Å². The van der Waals surface area contributed by atoms with Crippen molar-refractivity contribution in [2.24, 2.45) is 5.41 Å². The van der Waals surface area contributed by atoms with Crippen molar-refractivity contribution in [1.82, 2.24) is 0 Å². The number of alkyl halides is 1. The van der Waals surface area contributed by atoms with Gasteiger partial charge in [0, 0.05) is 10.7 Å². The first-order valence-electron chi connectivity index (χ1n) is 6.30. The van der Waals surface area contributed by atoms with Crippen LogP contribution in [0.3, 0.4) is 0 Å². The number of hydrogen-bond acceptors (Lipinski definition) is 1. The number of ether oxygens (including phenoxy) is 1. The number of halogens is 3. The molecule has 0 spiro atoms. The summed E-state index contributed by atoms with van der Waals surface area (Å²) < 4.78 is 5.90. The van der Waals surface area contributed by atoms with Crippen LogP contribution in [-0.4, -0.2) is 11.9 Å². The van der Waals surface area contributed by atoms with E-state index < -0.39 is 0 Å². The topological polar surface area (TPSA) is 9.23 Å². The summed E-state index contributed by atoms with van der Waals surface area (Å²) in [5, 5.41) is 2.04. The van der Waals surface area contributed by atoms with Gasteiger partial charge in [-0.05, 0) is 25.0 Å². The van der Waals surface area contributed by atoms with Crippen LogP contribution >= 0.6 is 39.1 Å². The Hall–Kier alpha value is 0.0800. The fourth-order valence-corrected chi connectivity index (χ4v) is 3.51. The summed E-state index contributed by atoms with van der Waals surface area (Å²) in [4.78, 5) is 0. The molecular formula is C14H17BrCl2O. The van der Waals surface area contributed by atoms with Gasteiger partial charge in [0.15, 0.2) is 0 Å². The Bertz CT molecular complexity index is 403. The third-order valence-electron chi connectivity index (χ3n) is 3.65. The van der Waals surface area contributed by atoms with Crippen molar-refractivity contribution >= 4 is 39.1 Å². The second-order valence-electron chi connectivity index (χ2n) is 5.03. The molecule has 0 atom stereocenters. The van der Waals surface area contributed by atoms with Crippen molar-refractivity contribution < 1.29 is 4.74 Å². The quantitative estimate of drug-likeness (QED) is 0.630. The van der Waals surface area contributed by atoms with Gasteiger partial charge in [-0.1, -0.05) is 64.5 Å².